The van der Waals surface area contributed by atoms with Crippen LogP contribution in [0.15, 0.2) is 0 Å². The van der Waals surface area contributed by atoms with E-state index in [9.17, 15) is 9.59 Å². The van der Waals surface area contributed by atoms with E-state index in [0.29, 0.717) is 0 Å². The van der Waals surface area contributed by atoms with Crippen molar-refractivity contribution in [2.24, 2.45) is 0 Å². The summed E-state index contributed by atoms with van der Waals surface area (Å²) in [7, 11) is -0.885. The summed E-state index contributed by atoms with van der Waals surface area (Å²) in [6, 6.07) is 0. The number of carbonyl (C=O) groups excluding carboxylic acids is 1. The molecule has 0 aliphatic rings. The summed E-state index contributed by atoms with van der Waals surface area (Å²) in [5.74, 6) is -1.35. The third kappa shape index (κ3) is 9.07. The summed E-state index contributed by atoms with van der Waals surface area (Å²) in [5.41, 5.74) is 0. The van der Waals surface area contributed by atoms with Gasteiger partial charge in [0.05, 0.1) is 12.8 Å². The number of carbonyl (C=O) groups is 2. The first-order chi connectivity index (χ1) is 5.81. The molecule has 5 heteroatoms. The molecule has 1 N–H and O–H groups in total. The van der Waals surface area contributed by atoms with E-state index >= 15 is 0 Å². The van der Waals surface area contributed by atoms with Crippen LogP contribution in [0.4, 0.5) is 0 Å². The lowest BCUT2D eigenvalue weighted by molar-refractivity contribution is -0.142. The Morgan fingerprint density at radius 1 is 1.31 bits per heavy atom. The molecule has 0 radical (unpaired) electrons. The van der Waals surface area contributed by atoms with Gasteiger partial charge < -0.3 is 9.53 Å². The van der Waals surface area contributed by atoms with Crippen molar-refractivity contribution in [2.75, 3.05) is 0 Å². The van der Waals surface area contributed by atoms with Gasteiger partial charge in [0.1, 0.15) is 0 Å². The maximum absolute atomic E-state index is 10.9. The normalized spacial score (nSPS) is 11.9. The molecule has 0 amide bonds. The fraction of sp³-hybridized carbons (Fsp3) is 0.750. The van der Waals surface area contributed by atoms with E-state index in [-0.39, 0.29) is 23.8 Å². The molecular weight excluding hydrogens is 188 g/mol. The summed E-state index contributed by atoms with van der Waals surface area (Å²) < 4.78 is 4.99. The van der Waals surface area contributed by atoms with Gasteiger partial charge >= 0.3 is 5.97 Å². The fourth-order valence-electron chi connectivity index (χ4n) is 0.578. The number of aliphatic carboxylic acids is 1. The summed E-state index contributed by atoms with van der Waals surface area (Å²) in [4.78, 5) is 21.1. The molecule has 0 rings (SSSR count). The highest BCUT2D eigenvalue weighted by atomic mass is 28.2. The van der Waals surface area contributed by atoms with E-state index in [1.165, 1.54) is 0 Å². The van der Waals surface area contributed by atoms with Crippen molar-refractivity contribution in [1.29, 1.82) is 0 Å². The molecule has 0 unspecified atom stereocenters. The molecule has 76 valence electrons. The van der Waals surface area contributed by atoms with Crippen molar-refractivity contribution in [3.05, 3.63) is 0 Å². The van der Waals surface area contributed by atoms with Crippen molar-refractivity contribution in [3.63, 3.8) is 0 Å². The highest BCUT2D eigenvalue weighted by Gasteiger charge is 2.15. The van der Waals surface area contributed by atoms with Crippen molar-refractivity contribution in [1.82, 2.24) is 0 Å². The van der Waals surface area contributed by atoms with E-state index in [0.717, 1.165) is 0 Å². The van der Waals surface area contributed by atoms with Gasteiger partial charge in [0.15, 0.2) is 0 Å². The summed E-state index contributed by atoms with van der Waals surface area (Å²) in [6.45, 7) is 6.01. The maximum Gasteiger partial charge on any atom is 0.303 e. The third-order valence-corrected chi connectivity index (χ3v) is 2.54. The molecule has 0 saturated carbocycles. The summed E-state index contributed by atoms with van der Waals surface area (Å²) >= 11 is 0. The van der Waals surface area contributed by atoms with Crippen LogP contribution in [0.3, 0.4) is 0 Å². The average molecular weight is 204 g/mol. The Labute approximate surface area is 80.2 Å². The average Bonchev–Trinajstić information content (AvgIpc) is 1.95. The number of carboxylic acids is 1. The molecule has 0 atom stereocenters. The standard InChI is InChI=1S/C8H16O4Si/c1-8(2,3)13-12-7(11)5-4-6(9)10/h4-5,13H2,1-3H3,(H,9,10). The minimum Gasteiger partial charge on any atom is -0.524 e. The highest BCUT2D eigenvalue weighted by Crippen LogP contribution is 2.20. The van der Waals surface area contributed by atoms with Gasteiger partial charge in [-0.05, 0) is 5.04 Å². The largest absolute Gasteiger partial charge is 0.524 e. The second-order valence-electron chi connectivity index (χ2n) is 4.12. The monoisotopic (exact) mass is 204 g/mol. The Morgan fingerprint density at radius 2 is 1.85 bits per heavy atom. The van der Waals surface area contributed by atoms with E-state index in [2.05, 4.69) is 0 Å². The Balaban J connectivity index is 3.58. The van der Waals surface area contributed by atoms with Crippen LogP contribution in [0.1, 0.15) is 33.6 Å². The predicted molar refractivity (Wildman–Crippen MR) is 51.2 cm³/mol. The minimum atomic E-state index is -0.964. The van der Waals surface area contributed by atoms with Crippen LogP contribution >= 0.6 is 0 Å². The van der Waals surface area contributed by atoms with Crippen LogP contribution in [0.2, 0.25) is 5.04 Å². The Kier molecular flexibility index (Phi) is 4.69. The quantitative estimate of drug-likeness (QED) is 0.685. The zero-order valence-corrected chi connectivity index (χ0v) is 9.71. The minimum absolute atomic E-state index is 0.0155. The van der Waals surface area contributed by atoms with Gasteiger partial charge in [-0.25, -0.2) is 0 Å². The number of rotatable bonds is 4. The first kappa shape index (κ1) is 12.2. The molecule has 13 heavy (non-hydrogen) atoms. The van der Waals surface area contributed by atoms with Gasteiger partial charge in [-0.15, -0.1) is 0 Å². The van der Waals surface area contributed by atoms with Crippen LogP contribution in [0.5, 0.6) is 0 Å². The van der Waals surface area contributed by atoms with Gasteiger partial charge in [-0.1, -0.05) is 20.8 Å². The SMILES string of the molecule is CC(C)(C)[SiH2]OC(=O)CCC(=O)O. The van der Waals surface area contributed by atoms with Crippen LogP contribution in [-0.4, -0.2) is 26.8 Å². The van der Waals surface area contributed by atoms with Crippen molar-refractivity contribution < 1.29 is 19.1 Å². The van der Waals surface area contributed by atoms with E-state index in [4.69, 9.17) is 9.53 Å². The van der Waals surface area contributed by atoms with E-state index in [1.54, 1.807) is 0 Å². The van der Waals surface area contributed by atoms with Crippen LogP contribution in [0, 0.1) is 0 Å². The Morgan fingerprint density at radius 3 is 2.23 bits per heavy atom. The molecule has 0 aliphatic carbocycles. The smallest absolute Gasteiger partial charge is 0.303 e. The molecule has 0 aromatic heterocycles. The molecule has 4 nitrogen and oxygen atoms in total. The molecule has 0 aliphatic heterocycles. The fourth-order valence-corrected chi connectivity index (χ4v) is 1.32. The van der Waals surface area contributed by atoms with Crippen LogP contribution in [-0.2, 0) is 14.0 Å². The molecule has 0 aromatic rings. The number of hydrogen-bond donors (Lipinski definition) is 1. The van der Waals surface area contributed by atoms with E-state index in [1.807, 2.05) is 20.8 Å². The first-order valence-electron chi connectivity index (χ1n) is 4.19. The summed E-state index contributed by atoms with van der Waals surface area (Å²) in [5, 5.41) is 8.36. The first-order valence-corrected chi connectivity index (χ1v) is 5.47. The van der Waals surface area contributed by atoms with E-state index < -0.39 is 15.7 Å². The maximum atomic E-state index is 10.9. The zero-order chi connectivity index (χ0) is 10.5. The molecule has 0 aromatic carbocycles. The third-order valence-electron chi connectivity index (χ3n) is 1.21. The van der Waals surface area contributed by atoms with Gasteiger partial charge in [-0.2, -0.15) is 0 Å². The van der Waals surface area contributed by atoms with Crippen LogP contribution < -0.4 is 0 Å². The number of hydrogen-bond acceptors (Lipinski definition) is 3. The molecule has 0 heterocycles. The Bertz CT molecular complexity index is 195. The van der Waals surface area contributed by atoms with Crippen molar-refractivity contribution in [3.8, 4) is 0 Å². The van der Waals surface area contributed by atoms with Gasteiger partial charge in [0.25, 0.3) is 5.97 Å². The van der Waals surface area contributed by atoms with Crippen molar-refractivity contribution in [2.45, 2.75) is 38.7 Å². The molecule has 0 bridgehead atoms. The van der Waals surface area contributed by atoms with Crippen molar-refractivity contribution >= 4 is 21.7 Å². The topological polar surface area (TPSA) is 63.6 Å². The molecular formula is C8H16O4Si. The Hall–Kier alpha value is -0.843. The number of carboxylic acid groups (broad SMARTS) is 1. The summed E-state index contributed by atoms with van der Waals surface area (Å²) in [6.07, 6.45) is -0.157. The van der Waals surface area contributed by atoms with Gasteiger partial charge in [0, 0.05) is 0 Å². The second kappa shape index (κ2) is 5.01. The molecule has 0 saturated heterocycles. The molecule has 0 fully saturated rings. The second-order valence-corrected chi connectivity index (χ2v) is 6.81. The molecule has 0 spiro atoms. The lowest BCUT2D eigenvalue weighted by Crippen LogP contribution is -2.17. The lowest BCUT2D eigenvalue weighted by Gasteiger charge is -2.16. The predicted octanol–water partition coefficient (Wildman–Crippen LogP) is 0.697. The zero-order valence-electron chi connectivity index (χ0n) is 8.29. The lowest BCUT2D eigenvalue weighted by atomic mass is 10.3. The van der Waals surface area contributed by atoms with Crippen LogP contribution in [0.25, 0.3) is 0 Å². The highest BCUT2D eigenvalue weighted by molar-refractivity contribution is 6.34. The van der Waals surface area contributed by atoms with Gasteiger partial charge in [-0.3, -0.25) is 9.59 Å². The van der Waals surface area contributed by atoms with Gasteiger partial charge in [0.2, 0.25) is 9.76 Å².